The molecule has 1 heterocycles. The predicted octanol–water partition coefficient (Wildman–Crippen LogP) is 4.63. The average Bonchev–Trinajstić information content (AvgIpc) is 2.43. The fourth-order valence-corrected chi connectivity index (χ4v) is 3.11. The molecule has 1 aliphatic heterocycles. The topological polar surface area (TPSA) is 21.3 Å². The van der Waals surface area contributed by atoms with Crippen LogP contribution >= 0.6 is 11.6 Å². The van der Waals surface area contributed by atoms with E-state index in [-0.39, 0.29) is 5.54 Å². The molecule has 2 nitrogen and oxygen atoms in total. The fraction of sp³-hybridized carbons (Fsp3) is 0.667. The molecule has 1 atom stereocenters. The highest BCUT2D eigenvalue weighted by Crippen LogP contribution is 2.30. The van der Waals surface area contributed by atoms with Crippen molar-refractivity contribution in [2.75, 3.05) is 19.8 Å². The van der Waals surface area contributed by atoms with E-state index in [4.69, 9.17) is 16.3 Å². The van der Waals surface area contributed by atoms with Crippen LogP contribution in [0, 0.1) is 5.92 Å². The van der Waals surface area contributed by atoms with Crippen LogP contribution in [0.25, 0.3) is 0 Å². The minimum absolute atomic E-state index is 0.145. The van der Waals surface area contributed by atoms with E-state index in [2.05, 4.69) is 44.3 Å². The summed E-state index contributed by atoms with van der Waals surface area (Å²) in [5.41, 5.74) is 1.50. The Morgan fingerprint density at radius 3 is 2.62 bits per heavy atom. The van der Waals surface area contributed by atoms with Gasteiger partial charge in [-0.2, -0.15) is 0 Å². The van der Waals surface area contributed by atoms with Crippen molar-refractivity contribution < 1.29 is 4.74 Å². The van der Waals surface area contributed by atoms with Gasteiger partial charge >= 0.3 is 0 Å². The van der Waals surface area contributed by atoms with Crippen LogP contribution in [0.15, 0.2) is 24.3 Å². The molecule has 118 valence electrons. The maximum Gasteiger partial charge on any atom is 0.0468 e. The summed E-state index contributed by atoms with van der Waals surface area (Å²) in [7, 11) is 0. The normalized spacial score (nSPS) is 18.7. The molecule has 3 heteroatoms. The van der Waals surface area contributed by atoms with Gasteiger partial charge in [0.25, 0.3) is 0 Å². The predicted molar refractivity (Wildman–Crippen MR) is 90.1 cm³/mol. The number of ether oxygens (including phenoxy) is 1. The molecule has 0 saturated carbocycles. The van der Waals surface area contributed by atoms with E-state index < -0.39 is 0 Å². The van der Waals surface area contributed by atoms with Crippen molar-refractivity contribution in [3.63, 3.8) is 0 Å². The molecule has 1 aromatic carbocycles. The number of hydrogen-bond donors (Lipinski definition) is 1. The fourth-order valence-electron chi connectivity index (χ4n) is 2.91. The van der Waals surface area contributed by atoms with Gasteiger partial charge in [-0.05, 0) is 69.6 Å². The van der Waals surface area contributed by atoms with Gasteiger partial charge in [0.1, 0.15) is 0 Å². The molecule has 1 aromatic rings. The molecule has 0 aromatic heterocycles. The Morgan fingerprint density at radius 2 is 2.00 bits per heavy atom. The van der Waals surface area contributed by atoms with Crippen LogP contribution in [0.2, 0.25) is 5.02 Å². The van der Waals surface area contributed by atoms with E-state index in [0.29, 0.717) is 5.92 Å². The molecular weight excluding hydrogens is 282 g/mol. The van der Waals surface area contributed by atoms with Gasteiger partial charge in [-0.1, -0.05) is 23.7 Å². The highest BCUT2D eigenvalue weighted by atomic mass is 35.5. The van der Waals surface area contributed by atoms with E-state index in [1.165, 1.54) is 24.8 Å². The van der Waals surface area contributed by atoms with Crippen molar-refractivity contribution in [2.45, 2.75) is 51.5 Å². The molecule has 0 amide bonds. The van der Waals surface area contributed by atoms with Gasteiger partial charge in [0, 0.05) is 30.3 Å². The van der Waals surface area contributed by atoms with E-state index in [1.807, 2.05) is 6.07 Å². The summed E-state index contributed by atoms with van der Waals surface area (Å²) in [5.74, 6) is 1.29. The second-order valence-electron chi connectivity index (χ2n) is 7.17. The van der Waals surface area contributed by atoms with Crippen LogP contribution in [-0.2, 0) is 4.74 Å². The van der Waals surface area contributed by atoms with E-state index in [9.17, 15) is 0 Å². The lowest BCUT2D eigenvalue weighted by Crippen LogP contribution is -2.39. The highest BCUT2D eigenvalue weighted by molar-refractivity contribution is 6.30. The summed E-state index contributed by atoms with van der Waals surface area (Å²) in [5, 5.41) is 4.49. The van der Waals surface area contributed by atoms with Gasteiger partial charge < -0.3 is 10.1 Å². The second-order valence-corrected chi connectivity index (χ2v) is 7.61. The molecule has 0 radical (unpaired) electrons. The minimum Gasteiger partial charge on any atom is -0.381 e. The van der Waals surface area contributed by atoms with E-state index in [1.54, 1.807) is 0 Å². The van der Waals surface area contributed by atoms with Crippen LogP contribution in [0.4, 0.5) is 0 Å². The number of hydrogen-bond acceptors (Lipinski definition) is 2. The summed E-state index contributed by atoms with van der Waals surface area (Å²) in [6, 6.07) is 8.34. The molecule has 0 bridgehead atoms. The van der Waals surface area contributed by atoms with E-state index in [0.717, 1.165) is 30.7 Å². The summed E-state index contributed by atoms with van der Waals surface area (Å²) in [4.78, 5) is 0. The smallest absolute Gasteiger partial charge is 0.0468 e. The Morgan fingerprint density at radius 1 is 1.29 bits per heavy atom. The van der Waals surface area contributed by atoms with Crippen molar-refractivity contribution in [1.82, 2.24) is 5.32 Å². The van der Waals surface area contributed by atoms with Crippen LogP contribution < -0.4 is 5.32 Å². The third-order valence-corrected chi connectivity index (χ3v) is 4.39. The molecular formula is C18H28ClNO. The molecule has 1 N–H and O–H groups in total. The third-order valence-electron chi connectivity index (χ3n) is 4.16. The van der Waals surface area contributed by atoms with Gasteiger partial charge in [0.05, 0.1) is 0 Å². The molecule has 1 saturated heterocycles. The van der Waals surface area contributed by atoms with Gasteiger partial charge in [0.2, 0.25) is 0 Å². The SMILES string of the molecule is CC(C)(C)NCC(CC1CCOCC1)c1cccc(Cl)c1. The molecule has 1 unspecified atom stereocenters. The van der Waals surface area contributed by atoms with Crippen LogP contribution in [0.1, 0.15) is 51.5 Å². The Bertz CT molecular complexity index is 435. The third kappa shape index (κ3) is 5.98. The summed E-state index contributed by atoms with van der Waals surface area (Å²) < 4.78 is 5.48. The lowest BCUT2D eigenvalue weighted by molar-refractivity contribution is 0.0614. The zero-order valence-electron chi connectivity index (χ0n) is 13.5. The summed E-state index contributed by atoms with van der Waals surface area (Å²) in [6.45, 7) is 9.49. The number of halogens is 1. The Balaban J connectivity index is 2.05. The van der Waals surface area contributed by atoms with Crippen molar-refractivity contribution in [1.29, 1.82) is 0 Å². The number of nitrogens with one attached hydrogen (secondary N) is 1. The van der Waals surface area contributed by atoms with Crippen molar-refractivity contribution in [3.8, 4) is 0 Å². The molecule has 0 aliphatic carbocycles. The van der Waals surface area contributed by atoms with Crippen molar-refractivity contribution in [2.24, 2.45) is 5.92 Å². The standard InChI is InChI=1S/C18H28ClNO/c1-18(2,3)20-13-16(11-14-7-9-21-10-8-14)15-5-4-6-17(19)12-15/h4-6,12,14,16,20H,7-11,13H2,1-3H3. The zero-order valence-corrected chi connectivity index (χ0v) is 14.2. The first kappa shape index (κ1) is 16.8. The first-order chi connectivity index (χ1) is 9.94. The molecule has 0 spiro atoms. The van der Waals surface area contributed by atoms with Gasteiger partial charge in [-0.15, -0.1) is 0 Å². The van der Waals surface area contributed by atoms with Crippen LogP contribution in [0.3, 0.4) is 0 Å². The molecule has 21 heavy (non-hydrogen) atoms. The Labute approximate surface area is 134 Å². The van der Waals surface area contributed by atoms with Crippen LogP contribution in [-0.4, -0.2) is 25.3 Å². The number of benzene rings is 1. The second kappa shape index (κ2) is 7.62. The lowest BCUT2D eigenvalue weighted by atomic mass is 9.84. The van der Waals surface area contributed by atoms with Gasteiger partial charge in [0.15, 0.2) is 0 Å². The quantitative estimate of drug-likeness (QED) is 0.856. The van der Waals surface area contributed by atoms with Crippen LogP contribution in [0.5, 0.6) is 0 Å². The Hall–Kier alpha value is -0.570. The molecule has 1 aliphatic rings. The Kier molecular flexibility index (Phi) is 6.09. The summed E-state index contributed by atoms with van der Waals surface area (Å²) >= 11 is 6.18. The zero-order chi connectivity index (χ0) is 15.3. The van der Waals surface area contributed by atoms with Gasteiger partial charge in [-0.25, -0.2) is 0 Å². The first-order valence-corrected chi connectivity index (χ1v) is 8.40. The monoisotopic (exact) mass is 309 g/mol. The highest BCUT2D eigenvalue weighted by Gasteiger charge is 2.22. The van der Waals surface area contributed by atoms with Crippen molar-refractivity contribution >= 4 is 11.6 Å². The average molecular weight is 310 g/mol. The number of rotatable bonds is 5. The largest absolute Gasteiger partial charge is 0.381 e. The first-order valence-electron chi connectivity index (χ1n) is 8.02. The van der Waals surface area contributed by atoms with Crippen molar-refractivity contribution in [3.05, 3.63) is 34.9 Å². The lowest BCUT2D eigenvalue weighted by Gasteiger charge is -2.30. The van der Waals surface area contributed by atoms with E-state index >= 15 is 0 Å². The maximum absolute atomic E-state index is 6.18. The molecule has 1 fully saturated rings. The minimum atomic E-state index is 0.145. The molecule has 2 rings (SSSR count). The van der Waals surface area contributed by atoms with Gasteiger partial charge in [-0.3, -0.25) is 0 Å². The summed E-state index contributed by atoms with van der Waals surface area (Å²) in [6.07, 6.45) is 3.59. The maximum atomic E-state index is 6.18.